The van der Waals surface area contributed by atoms with Crippen molar-refractivity contribution in [1.29, 1.82) is 0 Å². The number of sulfonamides is 1. The number of benzene rings is 1. The predicted octanol–water partition coefficient (Wildman–Crippen LogP) is 5.06. The SMILES string of the molecule is CCCC1(CCC)OC(=O)C(C(c2cccc(NS(=O)(=O)c3cn(C)cn3)c2)C(C)(C)C)=C1O. The van der Waals surface area contributed by atoms with Crippen LogP contribution in [0.25, 0.3) is 0 Å². The monoisotopic (exact) mass is 489 g/mol. The Hall–Kier alpha value is -2.81. The zero-order valence-electron chi connectivity index (χ0n) is 20.8. The molecule has 0 fully saturated rings. The van der Waals surface area contributed by atoms with Crippen molar-refractivity contribution >= 4 is 21.7 Å². The molecule has 0 saturated carbocycles. The highest BCUT2D eigenvalue weighted by Gasteiger charge is 2.51. The Balaban J connectivity index is 2.06. The second-order valence-corrected chi connectivity index (χ2v) is 11.7. The fourth-order valence-electron chi connectivity index (χ4n) is 4.77. The molecule has 0 spiro atoms. The van der Waals surface area contributed by atoms with Crippen LogP contribution < -0.4 is 4.72 Å². The van der Waals surface area contributed by atoms with E-state index in [0.717, 1.165) is 12.8 Å². The topological polar surface area (TPSA) is 111 Å². The Morgan fingerprint density at radius 2 is 1.85 bits per heavy atom. The van der Waals surface area contributed by atoms with Crippen molar-refractivity contribution in [3.8, 4) is 0 Å². The van der Waals surface area contributed by atoms with Crippen LogP contribution in [0.4, 0.5) is 5.69 Å². The molecule has 0 saturated heterocycles. The number of esters is 1. The molecule has 2 heterocycles. The number of aromatic nitrogens is 2. The summed E-state index contributed by atoms with van der Waals surface area (Å²) in [6.45, 7) is 9.94. The number of aliphatic hydroxyl groups excluding tert-OH is 1. The molecule has 1 aromatic carbocycles. The van der Waals surface area contributed by atoms with Crippen LogP contribution in [0.15, 0.2) is 53.1 Å². The molecular formula is C25H35N3O5S. The first-order valence-corrected chi connectivity index (χ1v) is 13.1. The summed E-state index contributed by atoms with van der Waals surface area (Å²) in [5.41, 5.74) is -0.167. The minimum Gasteiger partial charge on any atom is -0.507 e. The summed E-state index contributed by atoms with van der Waals surface area (Å²) < 4.78 is 35.5. The third-order valence-electron chi connectivity index (χ3n) is 6.09. The van der Waals surface area contributed by atoms with Gasteiger partial charge in [0.05, 0.1) is 11.9 Å². The molecule has 1 aliphatic rings. The Kier molecular flexibility index (Phi) is 7.17. The molecule has 0 aliphatic carbocycles. The smallest absolute Gasteiger partial charge is 0.339 e. The van der Waals surface area contributed by atoms with Gasteiger partial charge < -0.3 is 14.4 Å². The van der Waals surface area contributed by atoms with Gasteiger partial charge in [-0.3, -0.25) is 4.72 Å². The van der Waals surface area contributed by atoms with Crippen LogP contribution in [0.3, 0.4) is 0 Å². The van der Waals surface area contributed by atoms with Gasteiger partial charge in [-0.05, 0) is 36.0 Å². The van der Waals surface area contributed by atoms with E-state index >= 15 is 0 Å². The van der Waals surface area contributed by atoms with E-state index in [-0.39, 0.29) is 16.4 Å². The summed E-state index contributed by atoms with van der Waals surface area (Å²) in [4.78, 5) is 17.1. The van der Waals surface area contributed by atoms with E-state index in [2.05, 4.69) is 9.71 Å². The zero-order valence-corrected chi connectivity index (χ0v) is 21.6. The maximum absolute atomic E-state index is 13.2. The first kappa shape index (κ1) is 25.8. The van der Waals surface area contributed by atoms with E-state index < -0.39 is 32.9 Å². The molecule has 186 valence electrons. The van der Waals surface area contributed by atoms with Crippen molar-refractivity contribution in [2.45, 2.75) is 76.8 Å². The lowest BCUT2D eigenvalue weighted by atomic mass is 9.71. The molecule has 0 bridgehead atoms. The number of aliphatic hydroxyl groups is 1. The molecular weight excluding hydrogens is 454 g/mol. The molecule has 9 heteroatoms. The molecule has 8 nitrogen and oxygen atoms in total. The number of anilines is 1. The lowest BCUT2D eigenvalue weighted by Crippen LogP contribution is -2.31. The van der Waals surface area contributed by atoms with Gasteiger partial charge in [-0.15, -0.1) is 0 Å². The van der Waals surface area contributed by atoms with Gasteiger partial charge in [-0.25, -0.2) is 9.78 Å². The summed E-state index contributed by atoms with van der Waals surface area (Å²) in [5, 5.41) is 11.3. The molecule has 0 radical (unpaired) electrons. The molecule has 1 unspecified atom stereocenters. The fourth-order valence-corrected chi connectivity index (χ4v) is 5.80. The number of nitrogens with one attached hydrogen (secondary N) is 1. The number of ether oxygens (including phenoxy) is 1. The number of carbonyl (C=O) groups is 1. The average molecular weight is 490 g/mol. The molecule has 2 N–H and O–H groups in total. The number of hydrogen-bond donors (Lipinski definition) is 2. The van der Waals surface area contributed by atoms with E-state index in [1.807, 2.05) is 40.7 Å². The Bertz CT molecular complexity index is 1190. The van der Waals surface area contributed by atoms with Gasteiger partial charge in [0.25, 0.3) is 10.0 Å². The molecule has 0 amide bonds. The molecule has 1 atom stereocenters. The van der Waals surface area contributed by atoms with Gasteiger partial charge in [-0.1, -0.05) is 59.6 Å². The number of aryl methyl sites for hydroxylation is 1. The molecule has 1 aromatic heterocycles. The van der Waals surface area contributed by atoms with Gasteiger partial charge in [0.1, 0.15) is 5.76 Å². The predicted molar refractivity (Wildman–Crippen MR) is 131 cm³/mol. The number of hydrogen-bond acceptors (Lipinski definition) is 6. The normalized spacial score (nSPS) is 17.1. The van der Waals surface area contributed by atoms with Crippen LogP contribution in [0.1, 0.15) is 71.8 Å². The summed E-state index contributed by atoms with van der Waals surface area (Å²) in [5.74, 6) is -1.02. The summed E-state index contributed by atoms with van der Waals surface area (Å²) >= 11 is 0. The number of rotatable bonds is 9. The Morgan fingerprint density at radius 3 is 2.38 bits per heavy atom. The number of imidazole rings is 1. The number of cyclic esters (lactones) is 1. The van der Waals surface area contributed by atoms with Gasteiger partial charge in [0, 0.05) is 24.8 Å². The highest BCUT2D eigenvalue weighted by atomic mass is 32.2. The van der Waals surface area contributed by atoms with Crippen molar-refractivity contribution < 1.29 is 23.1 Å². The third kappa shape index (κ3) is 4.99. The van der Waals surface area contributed by atoms with Crippen LogP contribution in [0.2, 0.25) is 0 Å². The highest BCUT2D eigenvalue weighted by Crippen LogP contribution is 2.49. The Morgan fingerprint density at radius 1 is 1.21 bits per heavy atom. The van der Waals surface area contributed by atoms with Crippen molar-refractivity contribution in [1.82, 2.24) is 9.55 Å². The molecule has 3 rings (SSSR count). The average Bonchev–Trinajstić information content (AvgIpc) is 3.26. The minimum atomic E-state index is -3.88. The second-order valence-electron chi connectivity index (χ2n) is 10.1. The summed E-state index contributed by atoms with van der Waals surface area (Å²) in [7, 11) is -2.19. The van der Waals surface area contributed by atoms with E-state index in [1.54, 1.807) is 29.8 Å². The first-order valence-electron chi connectivity index (χ1n) is 11.6. The van der Waals surface area contributed by atoms with Gasteiger partial charge in [-0.2, -0.15) is 8.42 Å². The lowest BCUT2D eigenvalue weighted by molar-refractivity contribution is -0.150. The number of carbonyl (C=O) groups excluding carboxylic acids is 1. The van der Waals surface area contributed by atoms with Crippen molar-refractivity contribution in [3.63, 3.8) is 0 Å². The van der Waals surface area contributed by atoms with Crippen molar-refractivity contribution in [2.75, 3.05) is 4.72 Å². The molecule has 2 aromatic rings. The fraction of sp³-hybridized carbons (Fsp3) is 0.520. The third-order valence-corrected chi connectivity index (χ3v) is 7.35. The quantitative estimate of drug-likeness (QED) is 0.477. The van der Waals surface area contributed by atoms with E-state index in [0.29, 0.717) is 24.1 Å². The molecule has 34 heavy (non-hydrogen) atoms. The summed E-state index contributed by atoms with van der Waals surface area (Å²) in [6, 6.07) is 6.91. The van der Waals surface area contributed by atoms with Crippen LogP contribution in [0.5, 0.6) is 0 Å². The van der Waals surface area contributed by atoms with E-state index in [9.17, 15) is 18.3 Å². The van der Waals surface area contributed by atoms with Crippen LogP contribution in [-0.4, -0.2) is 34.6 Å². The van der Waals surface area contributed by atoms with Gasteiger partial charge in [0.15, 0.2) is 10.6 Å². The van der Waals surface area contributed by atoms with E-state index in [4.69, 9.17) is 4.74 Å². The first-order chi connectivity index (χ1) is 15.8. The van der Waals surface area contributed by atoms with Gasteiger partial charge >= 0.3 is 5.97 Å². The highest BCUT2D eigenvalue weighted by molar-refractivity contribution is 7.92. The standard InChI is InChI=1S/C25H35N3O5S/c1-7-12-25(13-8-2)22(29)20(23(30)33-25)21(24(3,4)5)17-10-9-11-18(14-17)27-34(31,32)19-15-28(6)16-26-19/h9-11,14-16,21,27,29H,7-8,12-13H2,1-6H3. The van der Waals surface area contributed by atoms with E-state index in [1.165, 1.54) is 12.5 Å². The maximum Gasteiger partial charge on any atom is 0.339 e. The summed E-state index contributed by atoms with van der Waals surface area (Å²) in [6.07, 6.45) is 5.44. The zero-order chi connectivity index (χ0) is 25.3. The molecule has 1 aliphatic heterocycles. The lowest BCUT2D eigenvalue weighted by Gasteiger charge is -2.31. The number of nitrogens with zero attached hydrogens (tertiary/aromatic N) is 2. The van der Waals surface area contributed by atoms with Crippen molar-refractivity contribution in [3.05, 3.63) is 53.7 Å². The largest absolute Gasteiger partial charge is 0.507 e. The van der Waals surface area contributed by atoms with Crippen LogP contribution in [0, 0.1) is 5.41 Å². The van der Waals surface area contributed by atoms with Crippen molar-refractivity contribution in [2.24, 2.45) is 12.5 Å². The maximum atomic E-state index is 13.2. The minimum absolute atomic E-state index is 0.000550. The Labute approximate surface area is 202 Å². The van der Waals surface area contributed by atoms with Crippen LogP contribution >= 0.6 is 0 Å². The van der Waals surface area contributed by atoms with Crippen LogP contribution in [-0.2, 0) is 26.6 Å². The second kappa shape index (κ2) is 9.44. The van der Waals surface area contributed by atoms with Gasteiger partial charge in [0.2, 0.25) is 0 Å².